The summed E-state index contributed by atoms with van der Waals surface area (Å²) in [5, 5.41) is 2.96. The molecule has 9 heteroatoms. The lowest BCUT2D eigenvalue weighted by molar-refractivity contribution is 0.0730. The molecule has 0 unspecified atom stereocenters. The van der Waals surface area contributed by atoms with E-state index < -0.39 is 10.0 Å². The van der Waals surface area contributed by atoms with Gasteiger partial charge in [0.25, 0.3) is 5.91 Å². The van der Waals surface area contributed by atoms with Crippen LogP contribution in [0, 0.1) is 13.8 Å². The van der Waals surface area contributed by atoms with Gasteiger partial charge >= 0.3 is 0 Å². The van der Waals surface area contributed by atoms with Crippen LogP contribution < -0.4 is 10.2 Å². The van der Waals surface area contributed by atoms with Crippen LogP contribution in [-0.2, 0) is 19.5 Å². The highest BCUT2D eigenvalue weighted by atomic mass is 32.2. The van der Waals surface area contributed by atoms with Crippen molar-refractivity contribution in [2.45, 2.75) is 18.7 Å². The average molecular weight is 460 g/mol. The van der Waals surface area contributed by atoms with E-state index in [1.165, 1.54) is 4.31 Å². The third kappa shape index (κ3) is 4.80. The van der Waals surface area contributed by atoms with Gasteiger partial charge in [0.1, 0.15) is 0 Å². The first-order valence-electron chi connectivity index (χ1n) is 10.8. The number of carbonyl (C=O) groups is 1. The zero-order chi connectivity index (χ0) is 22.7. The smallest absolute Gasteiger partial charge is 0.255 e. The minimum Gasteiger partial charge on any atom is -0.379 e. The maximum atomic E-state index is 13.2. The van der Waals surface area contributed by atoms with Crippen LogP contribution in [0.15, 0.2) is 41.3 Å². The van der Waals surface area contributed by atoms with Crippen LogP contribution >= 0.6 is 0 Å². The molecule has 32 heavy (non-hydrogen) atoms. The molecular formula is C23H29N3O5S. The van der Waals surface area contributed by atoms with Crippen molar-refractivity contribution >= 4 is 27.3 Å². The summed E-state index contributed by atoms with van der Waals surface area (Å²) >= 11 is 0. The molecule has 8 nitrogen and oxygen atoms in total. The lowest BCUT2D eigenvalue weighted by atomic mass is 10.1. The quantitative estimate of drug-likeness (QED) is 0.739. The van der Waals surface area contributed by atoms with Gasteiger partial charge in [0.15, 0.2) is 0 Å². The number of amides is 1. The zero-order valence-electron chi connectivity index (χ0n) is 18.5. The number of benzene rings is 2. The van der Waals surface area contributed by atoms with Crippen molar-refractivity contribution in [3.8, 4) is 0 Å². The van der Waals surface area contributed by atoms with E-state index >= 15 is 0 Å². The number of nitrogens with one attached hydrogen (secondary N) is 1. The van der Waals surface area contributed by atoms with E-state index in [0.29, 0.717) is 63.9 Å². The highest BCUT2D eigenvalue weighted by Gasteiger charge is 2.28. The molecule has 2 saturated heterocycles. The van der Waals surface area contributed by atoms with Gasteiger partial charge in [-0.25, -0.2) is 8.42 Å². The van der Waals surface area contributed by atoms with Crippen LogP contribution in [-0.4, -0.2) is 71.2 Å². The first-order valence-corrected chi connectivity index (χ1v) is 12.2. The Kier molecular flexibility index (Phi) is 6.80. The minimum absolute atomic E-state index is 0.159. The number of anilines is 2. The number of aryl methyl sites for hydroxylation is 2. The summed E-state index contributed by atoms with van der Waals surface area (Å²) in [5.74, 6) is -0.275. The van der Waals surface area contributed by atoms with Crippen molar-refractivity contribution in [1.29, 1.82) is 0 Å². The Morgan fingerprint density at radius 2 is 1.53 bits per heavy atom. The summed E-state index contributed by atoms with van der Waals surface area (Å²) in [7, 11) is -3.69. The van der Waals surface area contributed by atoms with Gasteiger partial charge < -0.3 is 19.7 Å². The molecule has 2 aromatic rings. The standard InChI is InChI=1S/C23H29N3O5S/c1-17-3-4-19(15-18(17)2)23(27)24-21-16-20(32(28,29)26-9-13-31-14-10-26)5-6-22(21)25-7-11-30-12-8-25/h3-6,15-16H,7-14H2,1-2H3,(H,24,27). The lowest BCUT2D eigenvalue weighted by Gasteiger charge is -2.31. The molecule has 172 valence electrons. The Hall–Kier alpha value is -2.46. The topological polar surface area (TPSA) is 88.2 Å². The Morgan fingerprint density at radius 3 is 2.19 bits per heavy atom. The molecule has 4 rings (SSSR count). The number of hydrogen-bond donors (Lipinski definition) is 1. The van der Waals surface area contributed by atoms with Gasteiger partial charge in [-0.15, -0.1) is 0 Å². The Bertz CT molecular complexity index is 1090. The zero-order valence-corrected chi connectivity index (χ0v) is 19.3. The van der Waals surface area contributed by atoms with E-state index in [2.05, 4.69) is 10.2 Å². The normalized spacial score (nSPS) is 17.9. The largest absolute Gasteiger partial charge is 0.379 e. The number of morpholine rings is 2. The third-order valence-corrected chi connectivity index (χ3v) is 7.84. The van der Waals surface area contributed by atoms with E-state index in [1.54, 1.807) is 24.3 Å². The molecular weight excluding hydrogens is 430 g/mol. The second kappa shape index (κ2) is 9.58. The summed E-state index contributed by atoms with van der Waals surface area (Å²) in [6.45, 7) is 7.84. The van der Waals surface area contributed by atoms with Crippen LogP contribution in [0.25, 0.3) is 0 Å². The highest BCUT2D eigenvalue weighted by molar-refractivity contribution is 7.89. The number of sulfonamides is 1. The maximum absolute atomic E-state index is 13.2. The predicted octanol–water partition coefficient (Wildman–Crippen LogP) is 2.41. The molecule has 0 radical (unpaired) electrons. The molecule has 2 heterocycles. The molecule has 0 spiro atoms. The van der Waals surface area contributed by atoms with Crippen molar-refractivity contribution in [2.75, 3.05) is 62.8 Å². The van der Waals surface area contributed by atoms with Crippen molar-refractivity contribution in [3.63, 3.8) is 0 Å². The summed E-state index contributed by atoms with van der Waals surface area (Å²) in [4.78, 5) is 15.3. The fraction of sp³-hybridized carbons (Fsp3) is 0.435. The van der Waals surface area contributed by atoms with Gasteiger partial charge in [-0.3, -0.25) is 4.79 Å². The highest BCUT2D eigenvalue weighted by Crippen LogP contribution is 2.31. The van der Waals surface area contributed by atoms with E-state index in [1.807, 2.05) is 26.0 Å². The van der Waals surface area contributed by atoms with Crippen molar-refractivity contribution in [1.82, 2.24) is 4.31 Å². The molecule has 0 bridgehead atoms. The van der Waals surface area contributed by atoms with E-state index in [-0.39, 0.29) is 10.8 Å². The number of hydrogen-bond acceptors (Lipinski definition) is 6. The molecule has 0 saturated carbocycles. The van der Waals surface area contributed by atoms with Crippen LogP contribution in [0.4, 0.5) is 11.4 Å². The SMILES string of the molecule is Cc1ccc(C(=O)Nc2cc(S(=O)(=O)N3CCOCC3)ccc2N2CCOCC2)cc1C. The van der Waals surface area contributed by atoms with Crippen LogP contribution in [0.5, 0.6) is 0 Å². The van der Waals surface area contributed by atoms with Crippen molar-refractivity contribution in [3.05, 3.63) is 53.1 Å². The van der Waals surface area contributed by atoms with E-state index in [0.717, 1.165) is 16.8 Å². The van der Waals surface area contributed by atoms with Gasteiger partial charge in [-0.05, 0) is 55.3 Å². The van der Waals surface area contributed by atoms with E-state index in [9.17, 15) is 13.2 Å². The van der Waals surface area contributed by atoms with Gasteiger partial charge in [0.2, 0.25) is 10.0 Å². The molecule has 0 aromatic heterocycles. The summed E-state index contributed by atoms with van der Waals surface area (Å²) < 4.78 is 38.5. The Balaban J connectivity index is 1.68. The summed E-state index contributed by atoms with van der Waals surface area (Å²) in [5.41, 5.74) is 3.92. The van der Waals surface area contributed by atoms with Crippen LogP contribution in [0.2, 0.25) is 0 Å². The van der Waals surface area contributed by atoms with Crippen LogP contribution in [0.1, 0.15) is 21.5 Å². The lowest BCUT2D eigenvalue weighted by Crippen LogP contribution is -2.40. The minimum atomic E-state index is -3.69. The molecule has 1 amide bonds. The monoisotopic (exact) mass is 459 g/mol. The summed E-state index contributed by atoms with van der Waals surface area (Å²) in [6.07, 6.45) is 0. The molecule has 2 aliphatic rings. The third-order valence-electron chi connectivity index (χ3n) is 5.94. The molecule has 2 aromatic carbocycles. The van der Waals surface area contributed by atoms with Gasteiger partial charge in [0.05, 0.1) is 42.7 Å². The Labute approximate surface area is 189 Å². The van der Waals surface area contributed by atoms with E-state index in [4.69, 9.17) is 9.47 Å². The summed E-state index contributed by atoms with van der Waals surface area (Å²) in [6, 6.07) is 10.5. The fourth-order valence-corrected chi connectivity index (χ4v) is 5.30. The number of nitrogens with zero attached hydrogens (tertiary/aromatic N) is 2. The number of rotatable bonds is 5. The van der Waals surface area contributed by atoms with Gasteiger partial charge in [-0.2, -0.15) is 4.31 Å². The molecule has 1 N–H and O–H groups in total. The van der Waals surface area contributed by atoms with Gasteiger partial charge in [0, 0.05) is 31.7 Å². The predicted molar refractivity (Wildman–Crippen MR) is 123 cm³/mol. The molecule has 0 aliphatic carbocycles. The Morgan fingerprint density at radius 1 is 0.875 bits per heavy atom. The number of carbonyl (C=O) groups excluding carboxylic acids is 1. The maximum Gasteiger partial charge on any atom is 0.255 e. The second-order valence-corrected chi connectivity index (χ2v) is 9.99. The number of ether oxygens (including phenoxy) is 2. The molecule has 0 atom stereocenters. The second-order valence-electron chi connectivity index (χ2n) is 8.05. The van der Waals surface area contributed by atoms with Crippen molar-refractivity contribution < 1.29 is 22.7 Å². The fourth-order valence-electron chi connectivity index (χ4n) is 3.87. The average Bonchev–Trinajstić information content (AvgIpc) is 2.82. The first-order chi connectivity index (χ1) is 15.4. The van der Waals surface area contributed by atoms with Gasteiger partial charge in [-0.1, -0.05) is 6.07 Å². The molecule has 2 aliphatic heterocycles. The van der Waals surface area contributed by atoms with Crippen LogP contribution in [0.3, 0.4) is 0 Å². The van der Waals surface area contributed by atoms with Crippen molar-refractivity contribution in [2.24, 2.45) is 0 Å². The molecule has 2 fully saturated rings. The first kappa shape index (κ1) is 22.7.